The molecule has 2 rings (SSSR count). The van der Waals surface area contributed by atoms with E-state index in [4.69, 9.17) is 5.11 Å². The van der Waals surface area contributed by atoms with E-state index in [2.05, 4.69) is 10.6 Å². The number of hydrogen-bond donors (Lipinski definition) is 3. The van der Waals surface area contributed by atoms with Crippen LogP contribution in [0.3, 0.4) is 0 Å². The molecule has 21 heavy (non-hydrogen) atoms. The molecule has 0 aliphatic rings. The molecule has 0 bridgehead atoms. The highest BCUT2D eigenvalue weighted by molar-refractivity contribution is 5.96. The molecule has 0 saturated carbocycles. The average Bonchev–Trinajstić information content (AvgIpc) is 2.47. The van der Waals surface area contributed by atoms with E-state index in [1.807, 2.05) is 55.5 Å². The van der Waals surface area contributed by atoms with Gasteiger partial charge in [0.15, 0.2) is 0 Å². The maximum absolute atomic E-state index is 12.2. The number of aliphatic hydroxyl groups is 1. The van der Waals surface area contributed by atoms with Gasteiger partial charge in [0.1, 0.15) is 6.04 Å². The number of amides is 1. The molecule has 3 N–H and O–H groups in total. The number of carbonyl (C=O) groups is 1. The van der Waals surface area contributed by atoms with Crippen LogP contribution in [-0.4, -0.2) is 17.1 Å². The molecule has 1 unspecified atom stereocenters. The Morgan fingerprint density at radius 1 is 1.14 bits per heavy atom. The van der Waals surface area contributed by atoms with Crippen LogP contribution in [0.5, 0.6) is 0 Å². The van der Waals surface area contributed by atoms with Crippen molar-refractivity contribution in [3.05, 3.63) is 59.7 Å². The molecule has 0 saturated heterocycles. The number of rotatable bonds is 5. The third-order valence-electron chi connectivity index (χ3n) is 3.17. The van der Waals surface area contributed by atoms with Crippen LogP contribution in [0.25, 0.3) is 0 Å². The van der Waals surface area contributed by atoms with E-state index in [-0.39, 0.29) is 18.6 Å². The number of anilines is 2. The van der Waals surface area contributed by atoms with Gasteiger partial charge in [-0.3, -0.25) is 4.79 Å². The van der Waals surface area contributed by atoms with Gasteiger partial charge in [0.2, 0.25) is 5.91 Å². The molecule has 1 atom stereocenters. The molecule has 110 valence electrons. The summed E-state index contributed by atoms with van der Waals surface area (Å²) in [6, 6.07) is 14.7. The second-order valence-electron chi connectivity index (χ2n) is 5.08. The van der Waals surface area contributed by atoms with Crippen LogP contribution < -0.4 is 10.6 Å². The highest BCUT2D eigenvalue weighted by Crippen LogP contribution is 2.14. The second kappa shape index (κ2) is 6.90. The van der Waals surface area contributed by atoms with E-state index in [9.17, 15) is 4.79 Å². The molecule has 0 aliphatic heterocycles. The van der Waals surface area contributed by atoms with E-state index < -0.39 is 0 Å². The zero-order valence-corrected chi connectivity index (χ0v) is 12.3. The van der Waals surface area contributed by atoms with Crippen LogP contribution in [0.2, 0.25) is 0 Å². The molecular weight excluding hydrogens is 264 g/mol. The summed E-state index contributed by atoms with van der Waals surface area (Å²) in [7, 11) is 0. The predicted octanol–water partition coefficient (Wildman–Crippen LogP) is 2.93. The Balaban J connectivity index is 1.99. The van der Waals surface area contributed by atoms with Crippen molar-refractivity contribution in [3.8, 4) is 0 Å². The minimum atomic E-state index is -0.376. The second-order valence-corrected chi connectivity index (χ2v) is 5.08. The monoisotopic (exact) mass is 284 g/mol. The van der Waals surface area contributed by atoms with Crippen LogP contribution in [-0.2, 0) is 11.4 Å². The fourth-order valence-electron chi connectivity index (χ4n) is 2.05. The lowest BCUT2D eigenvalue weighted by atomic mass is 10.2. The largest absolute Gasteiger partial charge is 0.392 e. The van der Waals surface area contributed by atoms with Crippen LogP contribution in [0, 0.1) is 6.92 Å². The lowest BCUT2D eigenvalue weighted by Crippen LogP contribution is -2.31. The summed E-state index contributed by atoms with van der Waals surface area (Å²) in [4.78, 5) is 12.2. The van der Waals surface area contributed by atoms with Crippen LogP contribution >= 0.6 is 0 Å². The fourth-order valence-corrected chi connectivity index (χ4v) is 2.05. The van der Waals surface area contributed by atoms with Crippen LogP contribution in [0.1, 0.15) is 18.1 Å². The van der Waals surface area contributed by atoms with Crippen molar-refractivity contribution in [2.45, 2.75) is 26.5 Å². The lowest BCUT2D eigenvalue weighted by molar-refractivity contribution is -0.116. The van der Waals surface area contributed by atoms with Crippen molar-refractivity contribution >= 4 is 17.3 Å². The van der Waals surface area contributed by atoms with Crippen molar-refractivity contribution < 1.29 is 9.90 Å². The Kier molecular flexibility index (Phi) is 4.95. The van der Waals surface area contributed by atoms with E-state index >= 15 is 0 Å². The van der Waals surface area contributed by atoms with Crippen LogP contribution in [0.4, 0.5) is 11.4 Å². The first-order chi connectivity index (χ1) is 10.1. The van der Waals surface area contributed by atoms with Crippen molar-refractivity contribution in [2.24, 2.45) is 0 Å². The molecule has 0 heterocycles. The molecule has 1 amide bonds. The molecule has 0 radical (unpaired) electrons. The standard InChI is InChI=1S/C17H20N2O2/c1-12-5-3-7-15(9-12)19-17(21)13(2)18-16-8-4-6-14(10-16)11-20/h3-10,13,18,20H,11H2,1-2H3,(H,19,21). The highest BCUT2D eigenvalue weighted by Gasteiger charge is 2.12. The first kappa shape index (κ1) is 15.1. The van der Waals surface area contributed by atoms with Gasteiger partial charge in [-0.05, 0) is 49.2 Å². The predicted molar refractivity (Wildman–Crippen MR) is 85.3 cm³/mol. The SMILES string of the molecule is Cc1cccc(NC(=O)C(C)Nc2cccc(CO)c2)c1. The first-order valence-electron chi connectivity index (χ1n) is 6.92. The minimum absolute atomic E-state index is 0.0145. The number of nitrogens with one attached hydrogen (secondary N) is 2. The van der Waals surface area contributed by atoms with Crippen LogP contribution in [0.15, 0.2) is 48.5 Å². The van der Waals surface area contributed by atoms with E-state index in [1.165, 1.54) is 0 Å². The summed E-state index contributed by atoms with van der Waals surface area (Å²) in [5, 5.41) is 15.1. The van der Waals surface area contributed by atoms with E-state index in [1.54, 1.807) is 6.92 Å². The summed E-state index contributed by atoms with van der Waals surface area (Å²) in [6.07, 6.45) is 0. The normalized spacial score (nSPS) is 11.8. The highest BCUT2D eigenvalue weighted by atomic mass is 16.3. The molecule has 0 aliphatic carbocycles. The number of hydrogen-bond acceptors (Lipinski definition) is 3. The molecular formula is C17H20N2O2. The molecule has 0 spiro atoms. The fraction of sp³-hybridized carbons (Fsp3) is 0.235. The first-order valence-corrected chi connectivity index (χ1v) is 6.92. The Morgan fingerprint density at radius 2 is 1.86 bits per heavy atom. The zero-order chi connectivity index (χ0) is 15.2. The molecule has 4 nitrogen and oxygen atoms in total. The number of aryl methyl sites for hydroxylation is 1. The average molecular weight is 284 g/mol. The smallest absolute Gasteiger partial charge is 0.246 e. The minimum Gasteiger partial charge on any atom is -0.392 e. The number of benzene rings is 2. The van der Waals surface area contributed by atoms with Crippen molar-refractivity contribution in [1.29, 1.82) is 0 Å². The van der Waals surface area contributed by atoms with Gasteiger partial charge in [0.25, 0.3) is 0 Å². The Hall–Kier alpha value is -2.33. The van der Waals surface area contributed by atoms with Gasteiger partial charge in [-0.25, -0.2) is 0 Å². The van der Waals surface area contributed by atoms with Gasteiger partial charge >= 0.3 is 0 Å². The topological polar surface area (TPSA) is 61.4 Å². The van der Waals surface area contributed by atoms with Crippen molar-refractivity contribution in [3.63, 3.8) is 0 Å². The van der Waals surface area contributed by atoms with Gasteiger partial charge in [0, 0.05) is 11.4 Å². The Bertz CT molecular complexity index is 626. The Labute approximate surface area is 124 Å². The summed E-state index contributed by atoms with van der Waals surface area (Å²) < 4.78 is 0. The zero-order valence-electron chi connectivity index (χ0n) is 12.3. The maximum Gasteiger partial charge on any atom is 0.246 e. The van der Waals surface area contributed by atoms with Gasteiger partial charge in [-0.1, -0.05) is 24.3 Å². The van der Waals surface area contributed by atoms with E-state index in [0.717, 1.165) is 22.5 Å². The van der Waals surface area contributed by atoms with Gasteiger partial charge in [-0.15, -0.1) is 0 Å². The molecule has 0 fully saturated rings. The summed E-state index contributed by atoms with van der Waals surface area (Å²) in [6.45, 7) is 3.77. The molecule has 0 aromatic heterocycles. The summed E-state index contributed by atoms with van der Waals surface area (Å²) in [5.74, 6) is -0.102. The summed E-state index contributed by atoms with van der Waals surface area (Å²) >= 11 is 0. The van der Waals surface area contributed by atoms with Gasteiger partial charge < -0.3 is 15.7 Å². The maximum atomic E-state index is 12.2. The molecule has 2 aromatic carbocycles. The van der Waals surface area contributed by atoms with Gasteiger partial charge in [0.05, 0.1) is 6.61 Å². The number of carbonyl (C=O) groups excluding carboxylic acids is 1. The Morgan fingerprint density at radius 3 is 2.57 bits per heavy atom. The third kappa shape index (κ3) is 4.33. The van der Waals surface area contributed by atoms with Gasteiger partial charge in [-0.2, -0.15) is 0 Å². The summed E-state index contributed by atoms with van der Waals surface area (Å²) in [5.41, 5.74) is 3.52. The van der Waals surface area contributed by atoms with Crippen molar-refractivity contribution in [2.75, 3.05) is 10.6 Å². The third-order valence-corrected chi connectivity index (χ3v) is 3.17. The molecule has 4 heteroatoms. The number of aliphatic hydroxyl groups excluding tert-OH is 1. The quantitative estimate of drug-likeness (QED) is 0.791. The molecule has 2 aromatic rings. The van der Waals surface area contributed by atoms with E-state index in [0.29, 0.717) is 0 Å². The lowest BCUT2D eigenvalue weighted by Gasteiger charge is -2.16. The van der Waals surface area contributed by atoms with Crippen molar-refractivity contribution in [1.82, 2.24) is 0 Å².